The molecule has 1 aliphatic carbocycles. The van der Waals surface area contributed by atoms with Crippen LogP contribution in [0.15, 0.2) is 29.2 Å². The molecule has 0 radical (unpaired) electrons. The van der Waals surface area contributed by atoms with Crippen LogP contribution in [0.25, 0.3) is 0 Å². The maximum Gasteiger partial charge on any atom is 0.410 e. The molecule has 196 valence electrons. The number of nitrogens with zero attached hydrogens (tertiary/aromatic N) is 1. The lowest BCUT2D eigenvalue weighted by molar-refractivity contribution is -0.0227. The molecule has 2 heterocycles. The predicted octanol–water partition coefficient (Wildman–Crippen LogP) is 2.51. The zero-order valence-electron chi connectivity index (χ0n) is 20.9. The maximum absolute atomic E-state index is 13.1. The summed E-state index contributed by atoms with van der Waals surface area (Å²) in [5, 5.41) is 13.8. The van der Waals surface area contributed by atoms with Crippen molar-refractivity contribution in [3.63, 3.8) is 0 Å². The van der Waals surface area contributed by atoms with E-state index in [9.17, 15) is 18.3 Å². The number of nitrogens with one attached hydrogen (secondary N) is 1. The number of ether oxygens (including phenoxy) is 3. The molecular formula is C25H38N2O7S. The van der Waals surface area contributed by atoms with Gasteiger partial charge in [0, 0.05) is 0 Å². The van der Waals surface area contributed by atoms with Gasteiger partial charge in [0.1, 0.15) is 24.1 Å². The monoisotopic (exact) mass is 510 g/mol. The van der Waals surface area contributed by atoms with Crippen molar-refractivity contribution in [3.05, 3.63) is 24.3 Å². The molecule has 2 saturated heterocycles. The molecule has 1 spiro atoms. The smallest absolute Gasteiger partial charge is 0.410 e. The third kappa shape index (κ3) is 6.67. The topological polar surface area (TPSA) is 114 Å². The fourth-order valence-corrected chi connectivity index (χ4v) is 6.42. The van der Waals surface area contributed by atoms with E-state index in [4.69, 9.17) is 14.2 Å². The van der Waals surface area contributed by atoms with Crippen molar-refractivity contribution >= 4 is 15.9 Å². The van der Waals surface area contributed by atoms with Gasteiger partial charge in [-0.15, -0.1) is 0 Å². The van der Waals surface area contributed by atoms with Crippen LogP contribution in [0.4, 0.5) is 4.79 Å². The highest BCUT2D eigenvalue weighted by Crippen LogP contribution is 2.37. The van der Waals surface area contributed by atoms with Gasteiger partial charge in [0.05, 0.1) is 34.9 Å². The van der Waals surface area contributed by atoms with Gasteiger partial charge >= 0.3 is 6.09 Å². The summed E-state index contributed by atoms with van der Waals surface area (Å²) in [6.07, 6.45) is 2.37. The van der Waals surface area contributed by atoms with Crippen molar-refractivity contribution in [2.75, 3.05) is 32.8 Å². The normalized spacial score (nSPS) is 23.1. The number of amides is 1. The highest BCUT2D eigenvalue weighted by atomic mass is 32.2. The van der Waals surface area contributed by atoms with Crippen molar-refractivity contribution in [1.29, 1.82) is 0 Å². The third-order valence-electron chi connectivity index (χ3n) is 6.72. The number of hydrogen-bond donors (Lipinski definition) is 2. The highest BCUT2D eigenvalue weighted by Gasteiger charge is 2.45. The molecule has 10 heteroatoms. The SMILES string of the molecule is CC(C)(C)OC(=O)N(C[C@H](O)COc1cccc(S(=O)(=O)C2CC2)c1)[C@@H]1COC2(CCNCC2)C1. The zero-order valence-corrected chi connectivity index (χ0v) is 21.7. The number of sulfone groups is 1. The number of aliphatic hydroxyl groups is 1. The Morgan fingerprint density at radius 3 is 2.66 bits per heavy atom. The second-order valence-electron chi connectivity index (χ2n) is 10.9. The first kappa shape index (κ1) is 26.2. The van der Waals surface area contributed by atoms with E-state index in [2.05, 4.69) is 5.32 Å². The quantitative estimate of drug-likeness (QED) is 0.548. The first-order valence-electron chi connectivity index (χ1n) is 12.5. The van der Waals surface area contributed by atoms with E-state index in [0.717, 1.165) is 25.9 Å². The van der Waals surface area contributed by atoms with Crippen LogP contribution in [0.1, 0.15) is 52.9 Å². The van der Waals surface area contributed by atoms with E-state index >= 15 is 0 Å². The first-order valence-corrected chi connectivity index (χ1v) is 14.0. The van der Waals surface area contributed by atoms with Gasteiger partial charge < -0.3 is 29.5 Å². The molecule has 1 amide bonds. The Labute approximate surface area is 208 Å². The molecule has 1 aromatic rings. The van der Waals surface area contributed by atoms with Crippen molar-refractivity contribution < 1.29 is 32.5 Å². The van der Waals surface area contributed by atoms with Gasteiger partial charge in [-0.25, -0.2) is 13.2 Å². The summed E-state index contributed by atoms with van der Waals surface area (Å²) in [4.78, 5) is 14.9. The summed E-state index contributed by atoms with van der Waals surface area (Å²) in [6, 6.07) is 6.16. The molecule has 1 aromatic carbocycles. The molecule has 2 atom stereocenters. The summed E-state index contributed by atoms with van der Waals surface area (Å²) >= 11 is 0. The minimum atomic E-state index is -3.33. The zero-order chi connectivity index (χ0) is 25.3. The fraction of sp³-hybridized carbons (Fsp3) is 0.720. The number of aliphatic hydroxyl groups excluding tert-OH is 1. The molecule has 0 aromatic heterocycles. The predicted molar refractivity (Wildman–Crippen MR) is 130 cm³/mol. The summed E-state index contributed by atoms with van der Waals surface area (Å²) in [7, 11) is -3.33. The Hall–Kier alpha value is -1.88. The van der Waals surface area contributed by atoms with Gasteiger partial charge in [-0.2, -0.15) is 0 Å². The Morgan fingerprint density at radius 2 is 2.00 bits per heavy atom. The Morgan fingerprint density at radius 1 is 1.29 bits per heavy atom. The van der Waals surface area contributed by atoms with Crippen LogP contribution >= 0.6 is 0 Å². The number of carbonyl (C=O) groups excluding carboxylic acids is 1. The van der Waals surface area contributed by atoms with E-state index < -0.39 is 27.6 Å². The largest absolute Gasteiger partial charge is 0.491 e. The summed E-state index contributed by atoms with van der Waals surface area (Å²) in [6.45, 7) is 7.52. The maximum atomic E-state index is 13.1. The lowest BCUT2D eigenvalue weighted by atomic mass is 9.88. The minimum Gasteiger partial charge on any atom is -0.491 e. The van der Waals surface area contributed by atoms with Gasteiger partial charge in [0.15, 0.2) is 9.84 Å². The minimum absolute atomic E-state index is 0.0251. The Bertz CT molecular complexity index is 997. The standard InChI is InChI=1S/C25H38N2O7S/c1-24(2,3)34-23(29)27(18-14-25(33-16-18)9-11-26-12-10-25)15-19(28)17-32-20-5-4-6-22(13-20)35(30,31)21-7-8-21/h4-6,13,18-19,21,26,28H,7-12,14-17H2,1-3H3/t18-,19-/m0/s1. The average Bonchev–Trinajstić information content (AvgIpc) is 3.59. The molecule has 3 aliphatic rings. The second-order valence-corrected chi connectivity index (χ2v) is 13.1. The van der Waals surface area contributed by atoms with E-state index in [-0.39, 0.29) is 34.9 Å². The Kier molecular flexibility index (Phi) is 7.66. The second kappa shape index (κ2) is 10.2. The average molecular weight is 511 g/mol. The summed E-state index contributed by atoms with van der Waals surface area (Å²) in [5.74, 6) is 0.368. The van der Waals surface area contributed by atoms with Gasteiger partial charge in [-0.3, -0.25) is 0 Å². The van der Waals surface area contributed by atoms with E-state index in [0.29, 0.717) is 31.6 Å². The van der Waals surface area contributed by atoms with Crippen LogP contribution in [-0.4, -0.2) is 86.0 Å². The fourth-order valence-electron chi connectivity index (χ4n) is 4.73. The Balaban J connectivity index is 1.40. The summed E-state index contributed by atoms with van der Waals surface area (Å²) < 4.78 is 42.6. The third-order valence-corrected chi connectivity index (χ3v) is 8.98. The van der Waals surface area contributed by atoms with Crippen LogP contribution in [0, 0.1) is 0 Å². The van der Waals surface area contributed by atoms with Crippen LogP contribution in [0.5, 0.6) is 5.75 Å². The van der Waals surface area contributed by atoms with E-state index in [1.54, 1.807) is 23.1 Å². The van der Waals surface area contributed by atoms with Gasteiger partial charge in [0.25, 0.3) is 0 Å². The molecule has 35 heavy (non-hydrogen) atoms. The van der Waals surface area contributed by atoms with Crippen LogP contribution in [0.2, 0.25) is 0 Å². The van der Waals surface area contributed by atoms with Crippen molar-refractivity contribution in [1.82, 2.24) is 10.2 Å². The van der Waals surface area contributed by atoms with E-state index in [1.165, 1.54) is 6.07 Å². The molecule has 0 bridgehead atoms. The molecule has 1 saturated carbocycles. The van der Waals surface area contributed by atoms with Gasteiger partial charge in [0.2, 0.25) is 0 Å². The van der Waals surface area contributed by atoms with Gasteiger partial charge in [-0.1, -0.05) is 6.07 Å². The molecule has 4 rings (SSSR count). The number of rotatable bonds is 8. The molecule has 3 fully saturated rings. The van der Waals surface area contributed by atoms with Crippen molar-refractivity contribution in [3.8, 4) is 5.75 Å². The van der Waals surface area contributed by atoms with Crippen molar-refractivity contribution in [2.24, 2.45) is 0 Å². The number of hydrogen-bond acceptors (Lipinski definition) is 8. The van der Waals surface area contributed by atoms with Gasteiger partial charge in [-0.05, 0) is 84.2 Å². The van der Waals surface area contributed by atoms with Crippen LogP contribution < -0.4 is 10.1 Å². The van der Waals surface area contributed by atoms with Crippen molar-refractivity contribution in [2.45, 2.75) is 86.4 Å². The first-order chi connectivity index (χ1) is 16.5. The lowest BCUT2D eigenvalue weighted by Gasteiger charge is -2.35. The molecule has 2 aliphatic heterocycles. The van der Waals surface area contributed by atoms with E-state index in [1.807, 2.05) is 20.8 Å². The molecular weight excluding hydrogens is 472 g/mol. The van der Waals surface area contributed by atoms with Crippen LogP contribution in [0.3, 0.4) is 0 Å². The van der Waals surface area contributed by atoms with Crippen LogP contribution in [-0.2, 0) is 19.3 Å². The molecule has 2 N–H and O–H groups in total. The lowest BCUT2D eigenvalue weighted by Crippen LogP contribution is -2.49. The molecule has 9 nitrogen and oxygen atoms in total. The number of benzene rings is 1. The summed E-state index contributed by atoms with van der Waals surface area (Å²) in [5.41, 5.74) is -0.915. The number of carbonyl (C=O) groups is 1. The molecule has 0 unspecified atom stereocenters. The number of piperidine rings is 1. The highest BCUT2D eigenvalue weighted by molar-refractivity contribution is 7.92.